The van der Waals surface area contributed by atoms with Gasteiger partial charge in [-0.1, -0.05) is 0 Å². The van der Waals surface area contributed by atoms with Gasteiger partial charge >= 0.3 is 0 Å². The molecule has 0 saturated heterocycles. The highest BCUT2D eigenvalue weighted by Gasteiger charge is 2.51. The fourth-order valence-electron chi connectivity index (χ4n) is 3.16. The summed E-state index contributed by atoms with van der Waals surface area (Å²) in [4.78, 5) is 22.3. The maximum Gasteiger partial charge on any atom is 0.299 e. The number of aromatic nitrogens is 4. The molecule has 1 fully saturated rings. The van der Waals surface area contributed by atoms with Crippen molar-refractivity contribution >= 4 is 17.1 Å². The molecule has 1 aliphatic heterocycles. The third-order valence-electron chi connectivity index (χ3n) is 4.07. The van der Waals surface area contributed by atoms with Gasteiger partial charge in [0.2, 0.25) is 5.95 Å². The minimum Gasteiger partial charge on any atom is -0.459 e. The van der Waals surface area contributed by atoms with E-state index >= 15 is 0 Å². The number of aromatic amines is 1. The number of ether oxygens (including phenoxy) is 1. The minimum absolute atomic E-state index is 0.0140. The van der Waals surface area contributed by atoms with Gasteiger partial charge in [-0.05, 0) is 6.42 Å². The van der Waals surface area contributed by atoms with Crippen LogP contribution in [0, 0.1) is 5.92 Å². The molecule has 106 valence electrons. The Morgan fingerprint density at radius 3 is 3.05 bits per heavy atom. The van der Waals surface area contributed by atoms with Crippen LogP contribution in [-0.2, 0) is 0 Å². The smallest absolute Gasteiger partial charge is 0.299 e. The maximum absolute atomic E-state index is 11.8. The molecule has 0 amide bonds. The van der Waals surface area contributed by atoms with E-state index in [0.717, 1.165) is 0 Å². The van der Waals surface area contributed by atoms with E-state index in [0.29, 0.717) is 12.1 Å². The predicted octanol–water partition coefficient (Wildman–Crippen LogP) is -1.62. The highest BCUT2D eigenvalue weighted by atomic mass is 16.5. The molecule has 9 heteroatoms. The molecule has 9 nitrogen and oxygen atoms in total. The summed E-state index contributed by atoms with van der Waals surface area (Å²) in [7, 11) is 0. The Hall–Kier alpha value is -2.13. The van der Waals surface area contributed by atoms with Crippen molar-refractivity contribution in [3.05, 3.63) is 10.4 Å². The number of hydrogen-bond donors (Lipinski definition) is 4. The van der Waals surface area contributed by atoms with E-state index in [1.165, 1.54) is 0 Å². The molecule has 5 N–H and O–H groups in total. The fourth-order valence-corrected chi connectivity index (χ4v) is 3.16. The van der Waals surface area contributed by atoms with Crippen molar-refractivity contribution in [3.63, 3.8) is 0 Å². The molecule has 1 aliphatic carbocycles. The second-order valence-electron chi connectivity index (χ2n) is 5.20. The molecule has 0 aromatic carbocycles. The normalized spacial score (nSPS) is 31.3. The zero-order chi connectivity index (χ0) is 14.0. The monoisotopic (exact) mass is 279 g/mol. The van der Waals surface area contributed by atoms with Crippen LogP contribution in [0.3, 0.4) is 0 Å². The Labute approximate surface area is 112 Å². The van der Waals surface area contributed by atoms with Crippen LogP contribution in [0.4, 0.5) is 5.95 Å². The highest BCUT2D eigenvalue weighted by Crippen LogP contribution is 2.45. The number of nitrogens with one attached hydrogen (secondary N) is 1. The van der Waals surface area contributed by atoms with E-state index in [2.05, 4.69) is 15.0 Å². The number of rotatable bonds is 1. The van der Waals surface area contributed by atoms with Crippen molar-refractivity contribution < 1.29 is 14.9 Å². The number of fused-ring (bicyclic) bond motifs is 5. The number of nitrogen functional groups attached to an aromatic ring is 1. The van der Waals surface area contributed by atoms with Gasteiger partial charge in [0.15, 0.2) is 11.2 Å². The third-order valence-corrected chi connectivity index (χ3v) is 4.07. The van der Waals surface area contributed by atoms with Crippen molar-refractivity contribution in [3.8, 4) is 6.01 Å². The van der Waals surface area contributed by atoms with E-state index in [1.807, 2.05) is 0 Å². The van der Waals surface area contributed by atoms with Crippen molar-refractivity contribution in [2.24, 2.45) is 5.92 Å². The fraction of sp³-hybridized carbons (Fsp3) is 0.545. The highest BCUT2D eigenvalue weighted by molar-refractivity contribution is 5.73. The molecular weight excluding hydrogens is 266 g/mol. The Bertz CT molecular complexity index is 753. The predicted molar refractivity (Wildman–Crippen MR) is 67.2 cm³/mol. The number of hydrogen-bond acceptors (Lipinski definition) is 7. The summed E-state index contributed by atoms with van der Waals surface area (Å²) >= 11 is 0. The number of nitrogens with two attached hydrogens (primary N) is 1. The maximum atomic E-state index is 11.8. The Kier molecular flexibility index (Phi) is 2.16. The van der Waals surface area contributed by atoms with Gasteiger partial charge in [-0.25, -0.2) is 0 Å². The number of aliphatic hydroxyl groups is 2. The number of anilines is 1. The molecule has 4 atom stereocenters. The summed E-state index contributed by atoms with van der Waals surface area (Å²) in [6.45, 7) is -0.115. The van der Waals surface area contributed by atoms with Crippen molar-refractivity contribution in [1.82, 2.24) is 19.5 Å². The summed E-state index contributed by atoms with van der Waals surface area (Å²) < 4.78 is 7.26. The quantitative estimate of drug-likeness (QED) is 0.491. The van der Waals surface area contributed by atoms with Gasteiger partial charge in [0, 0.05) is 12.5 Å². The molecule has 2 aliphatic rings. The summed E-state index contributed by atoms with van der Waals surface area (Å²) in [6.07, 6.45) is -0.506. The lowest BCUT2D eigenvalue weighted by Gasteiger charge is -2.17. The Balaban J connectivity index is 1.93. The zero-order valence-corrected chi connectivity index (χ0v) is 10.4. The third kappa shape index (κ3) is 1.30. The van der Waals surface area contributed by atoms with Crippen molar-refractivity contribution in [1.29, 1.82) is 0 Å². The van der Waals surface area contributed by atoms with Crippen LogP contribution in [0.15, 0.2) is 4.79 Å². The van der Waals surface area contributed by atoms with E-state index in [-0.39, 0.29) is 36.1 Å². The van der Waals surface area contributed by atoms with Crippen LogP contribution in [0.25, 0.3) is 11.2 Å². The number of aliphatic hydroxyl groups excluding tert-OH is 2. The van der Waals surface area contributed by atoms with E-state index in [4.69, 9.17) is 10.5 Å². The van der Waals surface area contributed by atoms with Crippen LogP contribution in [0.5, 0.6) is 6.01 Å². The van der Waals surface area contributed by atoms with Gasteiger partial charge in [-0.15, -0.1) is 0 Å². The lowest BCUT2D eigenvalue weighted by Crippen LogP contribution is -2.27. The number of nitrogens with zero attached hydrogens (tertiary/aromatic N) is 3. The van der Waals surface area contributed by atoms with Gasteiger partial charge in [-0.3, -0.25) is 14.3 Å². The van der Waals surface area contributed by atoms with Crippen LogP contribution in [0.1, 0.15) is 12.5 Å². The molecule has 20 heavy (non-hydrogen) atoms. The van der Waals surface area contributed by atoms with E-state index in [1.54, 1.807) is 4.57 Å². The first-order chi connectivity index (χ1) is 9.60. The summed E-state index contributed by atoms with van der Waals surface area (Å²) in [5.41, 5.74) is 5.54. The minimum atomic E-state index is -0.772. The second kappa shape index (κ2) is 3.70. The summed E-state index contributed by atoms with van der Waals surface area (Å²) in [5.74, 6) is -0.269. The molecule has 2 aromatic rings. The first kappa shape index (κ1) is 11.7. The first-order valence-electron chi connectivity index (χ1n) is 6.33. The van der Waals surface area contributed by atoms with Crippen molar-refractivity contribution in [2.45, 2.75) is 24.7 Å². The molecule has 0 spiro atoms. The van der Waals surface area contributed by atoms with Crippen LogP contribution in [0.2, 0.25) is 0 Å². The van der Waals surface area contributed by atoms with Gasteiger partial charge in [0.1, 0.15) is 12.1 Å². The number of imidazole rings is 1. The average molecular weight is 279 g/mol. The van der Waals surface area contributed by atoms with Crippen LogP contribution >= 0.6 is 0 Å². The molecule has 4 rings (SSSR count). The zero-order valence-electron chi connectivity index (χ0n) is 10.4. The Morgan fingerprint density at radius 1 is 1.50 bits per heavy atom. The number of H-pyrrole nitrogens is 1. The molecule has 0 unspecified atom stereocenters. The van der Waals surface area contributed by atoms with Crippen LogP contribution < -0.4 is 16.0 Å². The average Bonchev–Trinajstić information content (AvgIpc) is 2.99. The molecular formula is C11H13N5O4. The van der Waals surface area contributed by atoms with Crippen LogP contribution in [-0.4, -0.2) is 48.5 Å². The SMILES string of the molecule is Nc1nc2c(nc3n2[C@@H]2[C@@H](O)[C@H](CO)C[C@@H]2O3)c(=O)[nH]1. The standard InChI is InChI=1S/C11H13N5O4/c12-10-14-8-5(9(19)15-10)13-11-16(8)6-4(20-11)1-3(2-17)7(6)18/h3-4,6-7,17-18H,1-2H2,(H3,12,14,15,19)/t3-,4-,6-,7-/m0/s1. The molecule has 1 saturated carbocycles. The first-order valence-corrected chi connectivity index (χ1v) is 6.33. The van der Waals surface area contributed by atoms with Gasteiger partial charge in [-0.2, -0.15) is 9.97 Å². The van der Waals surface area contributed by atoms with E-state index < -0.39 is 17.7 Å². The largest absolute Gasteiger partial charge is 0.459 e. The van der Waals surface area contributed by atoms with Gasteiger partial charge in [0.05, 0.1) is 6.10 Å². The molecule has 3 heterocycles. The van der Waals surface area contributed by atoms with Gasteiger partial charge in [0.25, 0.3) is 11.6 Å². The summed E-state index contributed by atoms with van der Waals surface area (Å²) in [5, 5.41) is 19.5. The van der Waals surface area contributed by atoms with Gasteiger partial charge < -0.3 is 20.7 Å². The lowest BCUT2D eigenvalue weighted by molar-refractivity contribution is 0.0653. The second-order valence-corrected chi connectivity index (χ2v) is 5.20. The molecule has 0 radical (unpaired) electrons. The van der Waals surface area contributed by atoms with E-state index in [9.17, 15) is 15.0 Å². The Morgan fingerprint density at radius 2 is 2.30 bits per heavy atom. The molecule has 2 aromatic heterocycles. The van der Waals surface area contributed by atoms with Crippen molar-refractivity contribution in [2.75, 3.05) is 12.3 Å². The summed E-state index contributed by atoms with van der Waals surface area (Å²) in [6, 6.07) is -0.144. The molecule has 0 bridgehead atoms. The topological polar surface area (TPSA) is 139 Å². The lowest BCUT2D eigenvalue weighted by atomic mass is 10.1.